The lowest BCUT2D eigenvalue weighted by Gasteiger charge is -2.04. The highest BCUT2D eigenvalue weighted by atomic mass is 127. The number of rotatable bonds is 5. The first-order chi connectivity index (χ1) is 7.78. The number of nitrogens with two attached hydrogens (primary N) is 1. The van der Waals surface area contributed by atoms with Crippen LogP contribution in [0.25, 0.3) is 0 Å². The standard InChI is InChI=1S/C10H18IN3O2S/c1-4-17(15,16)6-5-14-10(12)8(11)9(13-14)7(2)3/h7H,4-6,12H2,1-3H3. The number of aromatic nitrogens is 2. The molecule has 0 aliphatic rings. The van der Waals surface area contributed by atoms with Gasteiger partial charge in [-0.3, -0.25) is 0 Å². The van der Waals surface area contributed by atoms with Gasteiger partial charge in [-0.25, -0.2) is 13.1 Å². The fourth-order valence-electron chi connectivity index (χ4n) is 1.38. The Bertz CT molecular complexity index is 494. The summed E-state index contributed by atoms with van der Waals surface area (Å²) in [6, 6.07) is 0. The molecule has 1 aromatic rings. The smallest absolute Gasteiger partial charge is 0.151 e. The second kappa shape index (κ2) is 5.55. The van der Waals surface area contributed by atoms with Gasteiger partial charge in [-0.15, -0.1) is 0 Å². The van der Waals surface area contributed by atoms with Crippen LogP contribution in [0.3, 0.4) is 0 Å². The number of halogens is 1. The molecule has 7 heteroatoms. The van der Waals surface area contributed by atoms with Gasteiger partial charge in [0.25, 0.3) is 0 Å². The van der Waals surface area contributed by atoms with Gasteiger partial charge in [-0.2, -0.15) is 5.10 Å². The number of anilines is 1. The van der Waals surface area contributed by atoms with Crippen LogP contribution in [0, 0.1) is 3.57 Å². The monoisotopic (exact) mass is 371 g/mol. The molecule has 0 aliphatic carbocycles. The van der Waals surface area contributed by atoms with Crippen LogP contribution in [0.15, 0.2) is 0 Å². The number of sulfone groups is 1. The molecule has 1 heterocycles. The lowest BCUT2D eigenvalue weighted by Crippen LogP contribution is -2.16. The summed E-state index contributed by atoms with van der Waals surface area (Å²) in [6.07, 6.45) is 0. The van der Waals surface area contributed by atoms with Crippen molar-refractivity contribution in [2.45, 2.75) is 33.2 Å². The van der Waals surface area contributed by atoms with E-state index >= 15 is 0 Å². The zero-order chi connectivity index (χ0) is 13.2. The summed E-state index contributed by atoms with van der Waals surface area (Å²) in [7, 11) is -2.98. The van der Waals surface area contributed by atoms with Crippen LogP contribution in [0.2, 0.25) is 0 Å². The van der Waals surface area contributed by atoms with Crippen LogP contribution in [-0.2, 0) is 16.4 Å². The summed E-state index contributed by atoms with van der Waals surface area (Å²) < 4.78 is 25.4. The van der Waals surface area contributed by atoms with E-state index in [4.69, 9.17) is 5.73 Å². The average molecular weight is 371 g/mol. The Morgan fingerprint density at radius 1 is 1.47 bits per heavy atom. The van der Waals surface area contributed by atoms with Crippen molar-refractivity contribution >= 4 is 38.2 Å². The van der Waals surface area contributed by atoms with Gasteiger partial charge in [-0.05, 0) is 28.5 Å². The van der Waals surface area contributed by atoms with Crippen LogP contribution in [0.4, 0.5) is 5.82 Å². The number of aryl methyl sites for hydroxylation is 1. The van der Waals surface area contributed by atoms with Gasteiger partial charge in [0.15, 0.2) is 9.84 Å². The maximum atomic E-state index is 11.4. The summed E-state index contributed by atoms with van der Waals surface area (Å²) in [4.78, 5) is 0. The maximum Gasteiger partial charge on any atom is 0.151 e. The molecule has 98 valence electrons. The first-order valence-corrected chi connectivity index (χ1v) is 8.40. The Morgan fingerprint density at radius 3 is 2.47 bits per heavy atom. The van der Waals surface area contributed by atoms with Crippen molar-refractivity contribution in [3.05, 3.63) is 9.26 Å². The van der Waals surface area contributed by atoms with Gasteiger partial charge in [0.05, 0.1) is 21.6 Å². The molecule has 2 N–H and O–H groups in total. The number of hydrogen-bond acceptors (Lipinski definition) is 4. The van der Waals surface area contributed by atoms with Gasteiger partial charge in [0.1, 0.15) is 5.82 Å². The fourth-order valence-corrected chi connectivity index (χ4v) is 3.13. The van der Waals surface area contributed by atoms with Gasteiger partial charge in [0.2, 0.25) is 0 Å². The van der Waals surface area contributed by atoms with Crippen molar-refractivity contribution in [2.24, 2.45) is 0 Å². The quantitative estimate of drug-likeness (QED) is 0.798. The molecule has 0 atom stereocenters. The molecule has 0 bridgehead atoms. The van der Waals surface area contributed by atoms with Crippen LogP contribution < -0.4 is 5.73 Å². The van der Waals surface area contributed by atoms with Gasteiger partial charge < -0.3 is 5.73 Å². The summed E-state index contributed by atoms with van der Waals surface area (Å²) in [5.41, 5.74) is 6.84. The van der Waals surface area contributed by atoms with Crippen molar-refractivity contribution in [3.63, 3.8) is 0 Å². The SMILES string of the molecule is CCS(=O)(=O)CCn1nc(C(C)C)c(I)c1N. The van der Waals surface area contributed by atoms with E-state index in [0.717, 1.165) is 9.26 Å². The van der Waals surface area contributed by atoms with Gasteiger partial charge in [-0.1, -0.05) is 20.8 Å². The minimum Gasteiger partial charge on any atom is -0.383 e. The van der Waals surface area contributed by atoms with Crippen molar-refractivity contribution in [3.8, 4) is 0 Å². The molecule has 1 aromatic heterocycles. The highest BCUT2D eigenvalue weighted by Gasteiger charge is 2.17. The Hall–Kier alpha value is -0.310. The van der Waals surface area contributed by atoms with Crippen molar-refractivity contribution in [1.29, 1.82) is 0 Å². The van der Waals surface area contributed by atoms with E-state index in [1.165, 1.54) is 0 Å². The second-order valence-corrected chi connectivity index (χ2v) is 7.75. The van der Waals surface area contributed by atoms with E-state index in [2.05, 4.69) is 27.7 Å². The van der Waals surface area contributed by atoms with Crippen molar-refractivity contribution < 1.29 is 8.42 Å². The van der Waals surface area contributed by atoms with Crippen molar-refractivity contribution in [1.82, 2.24) is 9.78 Å². The topological polar surface area (TPSA) is 78.0 Å². The third-order valence-corrected chi connectivity index (χ3v) is 5.35. The van der Waals surface area contributed by atoms with E-state index < -0.39 is 9.84 Å². The highest BCUT2D eigenvalue weighted by Crippen LogP contribution is 2.25. The summed E-state index contributed by atoms with van der Waals surface area (Å²) in [5, 5.41) is 4.37. The Morgan fingerprint density at radius 2 is 2.06 bits per heavy atom. The predicted octanol–water partition coefficient (Wildman–Crippen LogP) is 1.63. The minimum atomic E-state index is -2.98. The first kappa shape index (κ1) is 14.7. The summed E-state index contributed by atoms with van der Waals surface area (Å²) in [5.74, 6) is 1.08. The predicted molar refractivity (Wildman–Crippen MR) is 77.8 cm³/mol. The number of nitrogen functional groups attached to an aromatic ring is 1. The lowest BCUT2D eigenvalue weighted by atomic mass is 10.1. The van der Waals surface area contributed by atoms with Crippen LogP contribution in [0.5, 0.6) is 0 Å². The lowest BCUT2D eigenvalue weighted by molar-refractivity contribution is 0.580. The zero-order valence-electron chi connectivity index (χ0n) is 10.3. The summed E-state index contributed by atoms with van der Waals surface area (Å²) >= 11 is 2.15. The van der Waals surface area contributed by atoms with Crippen molar-refractivity contribution in [2.75, 3.05) is 17.2 Å². The third kappa shape index (κ3) is 3.57. The van der Waals surface area contributed by atoms with E-state index in [1.807, 2.05) is 13.8 Å². The average Bonchev–Trinajstić information content (AvgIpc) is 2.54. The van der Waals surface area contributed by atoms with Crippen LogP contribution in [0.1, 0.15) is 32.4 Å². The molecule has 0 amide bonds. The van der Waals surface area contributed by atoms with Crippen LogP contribution in [-0.4, -0.2) is 29.7 Å². The molecule has 0 fully saturated rings. The van der Waals surface area contributed by atoms with Gasteiger partial charge >= 0.3 is 0 Å². The summed E-state index contributed by atoms with van der Waals surface area (Å²) in [6.45, 7) is 6.05. The third-order valence-electron chi connectivity index (χ3n) is 2.56. The molecule has 0 unspecified atom stereocenters. The van der Waals surface area contributed by atoms with Crippen LogP contribution >= 0.6 is 22.6 Å². The van der Waals surface area contributed by atoms with E-state index in [-0.39, 0.29) is 17.4 Å². The second-order valence-electron chi connectivity index (χ2n) is 4.20. The first-order valence-electron chi connectivity index (χ1n) is 5.50. The maximum absolute atomic E-state index is 11.4. The normalized spacial score (nSPS) is 12.3. The molecule has 0 saturated carbocycles. The molecule has 1 rings (SSSR count). The molecular formula is C10H18IN3O2S. The van der Waals surface area contributed by atoms with Gasteiger partial charge in [0, 0.05) is 5.75 Å². The Kier molecular flexibility index (Phi) is 4.82. The van der Waals surface area contributed by atoms with E-state index in [9.17, 15) is 8.42 Å². The zero-order valence-corrected chi connectivity index (χ0v) is 13.2. The molecule has 0 saturated heterocycles. The molecule has 17 heavy (non-hydrogen) atoms. The molecule has 0 radical (unpaired) electrons. The molecule has 0 spiro atoms. The fraction of sp³-hybridized carbons (Fsp3) is 0.700. The Labute approximate surface area is 116 Å². The minimum absolute atomic E-state index is 0.0863. The molecule has 0 aromatic carbocycles. The van der Waals surface area contributed by atoms with E-state index in [0.29, 0.717) is 12.4 Å². The molecule has 5 nitrogen and oxygen atoms in total. The Balaban J connectivity index is 2.90. The largest absolute Gasteiger partial charge is 0.383 e. The molecule has 0 aliphatic heterocycles. The number of nitrogens with zero attached hydrogens (tertiary/aromatic N) is 2. The number of hydrogen-bond donors (Lipinski definition) is 1. The molecular weight excluding hydrogens is 353 g/mol. The van der Waals surface area contributed by atoms with E-state index in [1.54, 1.807) is 11.6 Å². The highest BCUT2D eigenvalue weighted by molar-refractivity contribution is 14.1.